The number of hydrogen-bond donors (Lipinski definition) is 5. The van der Waals surface area contributed by atoms with Crippen LogP contribution in [0.3, 0.4) is 0 Å². The maximum Gasteiger partial charge on any atom is 0.408 e. The summed E-state index contributed by atoms with van der Waals surface area (Å²) in [5, 5.41) is 13.4. The van der Waals surface area contributed by atoms with Crippen molar-refractivity contribution in [3.8, 4) is 5.75 Å². The molecule has 1 saturated carbocycles. The number of carbonyl (C=O) groups is 6. The van der Waals surface area contributed by atoms with E-state index in [1.54, 1.807) is 39.0 Å². The highest BCUT2D eigenvalue weighted by molar-refractivity contribution is 7.90. The standard InChI is InChI=1S/C20H28N2O5S.C12H21N3O4.C9H8FNO2/c1-3-4-5-6-7-10-15-13-16(15)20(24)22-28(25,26)18-12-9-8-11-17(18)27-14-19(23)21-2;1-12(2,3)19-11(18)14-7-9(16)15-6-4-5-8(15)10(13)17;10-8-3-1-2-6-4-11(9(12)13)5-7(6)8/h7-12,15-16H,3-6,13-14H2,1-2H3,(H,21,23)(H,22,24);8H,4-7H2,1-3H3,(H2,13,17)(H,14,18);1-3H,4-5H2,(H,12,13)/b10-7-;;/t15-,16?;8-;/m10./s1. The average Bonchev–Trinajstić information content (AvgIpc) is 3.54. The van der Waals surface area contributed by atoms with E-state index in [1.165, 1.54) is 47.5 Å². The van der Waals surface area contributed by atoms with Crippen LogP contribution in [-0.4, -0.2) is 97.5 Å². The van der Waals surface area contributed by atoms with Gasteiger partial charge in [-0.15, -0.1) is 0 Å². The first-order valence-corrected chi connectivity index (χ1v) is 21.2. The van der Waals surface area contributed by atoms with Gasteiger partial charge in [0.2, 0.25) is 17.7 Å². The molecule has 2 fully saturated rings. The predicted molar refractivity (Wildman–Crippen MR) is 218 cm³/mol. The summed E-state index contributed by atoms with van der Waals surface area (Å²) in [4.78, 5) is 71.1. The first-order chi connectivity index (χ1) is 28.3. The highest BCUT2D eigenvalue weighted by Gasteiger charge is 2.42. The minimum atomic E-state index is -4.09. The Hall–Kier alpha value is -5.72. The number of rotatable bonds is 14. The van der Waals surface area contributed by atoms with Gasteiger partial charge in [-0.2, -0.15) is 0 Å². The minimum Gasteiger partial charge on any atom is -0.482 e. The number of nitrogens with one attached hydrogen (secondary N) is 3. The molecule has 2 aromatic rings. The maximum atomic E-state index is 13.1. The van der Waals surface area contributed by atoms with E-state index in [0.717, 1.165) is 31.2 Å². The van der Waals surface area contributed by atoms with Gasteiger partial charge < -0.3 is 35.8 Å². The molecule has 0 bridgehead atoms. The van der Waals surface area contributed by atoms with Crippen LogP contribution in [0.4, 0.5) is 14.0 Å². The molecule has 2 aromatic carbocycles. The molecule has 1 unspecified atom stereocenters. The minimum absolute atomic E-state index is 0.0227. The van der Waals surface area contributed by atoms with Crippen LogP contribution in [0.1, 0.15) is 83.8 Å². The monoisotopic (exact) mass is 860 g/mol. The smallest absolute Gasteiger partial charge is 0.408 e. The number of halogens is 1. The molecular weight excluding hydrogens is 804 g/mol. The van der Waals surface area contributed by atoms with Gasteiger partial charge in [0.25, 0.3) is 15.9 Å². The topological polar surface area (TPSA) is 244 Å². The first-order valence-electron chi connectivity index (χ1n) is 19.7. The van der Waals surface area contributed by atoms with Crippen molar-refractivity contribution in [1.82, 2.24) is 25.2 Å². The number of nitrogens with zero attached hydrogens (tertiary/aromatic N) is 2. The van der Waals surface area contributed by atoms with Crippen LogP contribution in [0, 0.1) is 17.7 Å². The van der Waals surface area contributed by atoms with E-state index in [1.807, 2.05) is 6.08 Å². The normalized spacial score (nSPS) is 17.9. The summed E-state index contributed by atoms with van der Waals surface area (Å²) in [7, 11) is -2.63. The lowest BCUT2D eigenvalue weighted by atomic mass is 10.1. The zero-order valence-corrected chi connectivity index (χ0v) is 35.5. The second kappa shape index (κ2) is 22.6. The van der Waals surface area contributed by atoms with Gasteiger partial charge in [-0.05, 0) is 82.6 Å². The van der Waals surface area contributed by atoms with Crippen molar-refractivity contribution in [2.75, 3.05) is 26.7 Å². The summed E-state index contributed by atoms with van der Waals surface area (Å²) in [5.74, 6) is -2.26. The Kier molecular flexibility index (Phi) is 18.3. The molecule has 3 aliphatic rings. The summed E-state index contributed by atoms with van der Waals surface area (Å²) < 4.78 is 50.8. The molecule has 0 radical (unpaired) electrons. The number of ether oxygens (including phenoxy) is 2. The van der Waals surface area contributed by atoms with Crippen LogP contribution in [0.5, 0.6) is 5.75 Å². The Labute approximate surface area is 350 Å². The van der Waals surface area contributed by atoms with Gasteiger partial charge in [0, 0.05) is 31.6 Å². The third-order valence-electron chi connectivity index (χ3n) is 9.43. The summed E-state index contributed by atoms with van der Waals surface area (Å²) in [5.41, 5.74) is 5.88. The van der Waals surface area contributed by atoms with Crippen LogP contribution in [0.25, 0.3) is 0 Å². The molecule has 60 heavy (non-hydrogen) atoms. The zero-order chi connectivity index (χ0) is 44.6. The summed E-state index contributed by atoms with van der Waals surface area (Å²) >= 11 is 0. The van der Waals surface area contributed by atoms with Crippen molar-refractivity contribution in [3.05, 3.63) is 71.6 Å². The number of para-hydroxylation sites is 1. The molecule has 1 aliphatic carbocycles. The third kappa shape index (κ3) is 15.5. The van der Waals surface area contributed by atoms with E-state index in [0.29, 0.717) is 31.5 Å². The van der Waals surface area contributed by atoms with E-state index >= 15 is 0 Å². The summed E-state index contributed by atoms with van der Waals surface area (Å²) in [6.45, 7) is 7.78. The molecule has 17 nitrogen and oxygen atoms in total. The van der Waals surface area contributed by atoms with E-state index < -0.39 is 45.7 Å². The number of fused-ring (bicyclic) bond motifs is 1. The number of nitrogens with two attached hydrogens (primary N) is 1. The molecule has 6 amide bonds. The molecule has 5 rings (SSSR count). The zero-order valence-electron chi connectivity index (χ0n) is 34.7. The number of sulfonamides is 1. The number of likely N-dealkylation sites (N-methyl/N-ethyl adjacent to an activating group) is 1. The average molecular weight is 861 g/mol. The van der Waals surface area contributed by atoms with E-state index in [2.05, 4.69) is 28.4 Å². The lowest BCUT2D eigenvalue weighted by Crippen LogP contribution is -2.48. The molecule has 1 saturated heterocycles. The second-order valence-corrected chi connectivity index (χ2v) is 17.0. The Morgan fingerprint density at radius 2 is 1.75 bits per heavy atom. The van der Waals surface area contributed by atoms with Gasteiger partial charge in [-0.3, -0.25) is 24.1 Å². The van der Waals surface area contributed by atoms with Crippen molar-refractivity contribution in [2.24, 2.45) is 17.6 Å². The quantitative estimate of drug-likeness (QED) is 0.133. The van der Waals surface area contributed by atoms with Gasteiger partial charge in [0.05, 0.1) is 6.54 Å². The van der Waals surface area contributed by atoms with Crippen LogP contribution in [0.2, 0.25) is 0 Å². The molecule has 6 N–H and O–H groups in total. The number of benzene rings is 2. The Bertz CT molecular complexity index is 1990. The van der Waals surface area contributed by atoms with Crippen molar-refractivity contribution in [2.45, 2.75) is 102 Å². The molecule has 3 atom stereocenters. The summed E-state index contributed by atoms with van der Waals surface area (Å²) in [6, 6.07) is 10.1. The Morgan fingerprint density at radius 1 is 1.03 bits per heavy atom. The number of carbonyl (C=O) groups excluding carboxylic acids is 5. The van der Waals surface area contributed by atoms with Crippen LogP contribution >= 0.6 is 0 Å². The molecule has 2 heterocycles. The first kappa shape index (κ1) is 48.6. The lowest BCUT2D eigenvalue weighted by molar-refractivity contribution is -0.136. The van der Waals surface area contributed by atoms with Gasteiger partial charge in [-0.25, -0.2) is 27.1 Å². The fraction of sp³-hybridized carbons (Fsp3) is 0.512. The third-order valence-corrected chi connectivity index (χ3v) is 10.8. The number of primary amides is 1. The molecular formula is C41H57FN6O11S. The second-order valence-electron chi connectivity index (χ2n) is 15.3. The number of amides is 6. The number of likely N-dealkylation sites (tertiary alicyclic amines) is 1. The van der Waals surface area contributed by atoms with Gasteiger partial charge in [0.1, 0.15) is 34.6 Å². The van der Waals surface area contributed by atoms with Gasteiger partial charge in [0.15, 0.2) is 6.61 Å². The van der Waals surface area contributed by atoms with E-state index in [4.69, 9.17) is 20.3 Å². The molecule has 0 aromatic heterocycles. The number of allylic oxidation sites excluding steroid dienone is 2. The fourth-order valence-corrected chi connectivity index (χ4v) is 7.40. The van der Waals surface area contributed by atoms with Crippen LogP contribution in [-0.2, 0) is 47.0 Å². The van der Waals surface area contributed by atoms with Crippen molar-refractivity contribution >= 4 is 45.8 Å². The van der Waals surface area contributed by atoms with Gasteiger partial charge >= 0.3 is 12.2 Å². The van der Waals surface area contributed by atoms with Crippen molar-refractivity contribution < 1.29 is 56.2 Å². The lowest BCUT2D eigenvalue weighted by Gasteiger charge is -2.23. The Morgan fingerprint density at radius 3 is 2.38 bits per heavy atom. The highest BCUT2D eigenvalue weighted by atomic mass is 32.2. The summed E-state index contributed by atoms with van der Waals surface area (Å²) in [6.07, 6.45) is 8.83. The SMILES string of the molecule is CC(C)(C)OC(=O)NCC(=O)N1CCC[C@H]1C(N)=O.CCCCC/C=C\[C@@H]1CC1C(=O)NS(=O)(=O)c1ccccc1OCC(=O)NC.O=C(O)N1Cc2cccc(F)c2C1. The number of hydrogen-bond acceptors (Lipinski definition) is 10. The van der Waals surface area contributed by atoms with Gasteiger partial charge in [-0.1, -0.05) is 56.2 Å². The van der Waals surface area contributed by atoms with Crippen molar-refractivity contribution in [3.63, 3.8) is 0 Å². The number of carboxylic acid groups (broad SMARTS) is 1. The Balaban J connectivity index is 0.000000258. The molecule has 330 valence electrons. The maximum absolute atomic E-state index is 13.1. The van der Waals surface area contributed by atoms with Crippen molar-refractivity contribution in [1.29, 1.82) is 0 Å². The highest BCUT2D eigenvalue weighted by Crippen LogP contribution is 2.40. The molecule has 19 heteroatoms. The van der Waals surface area contributed by atoms with E-state index in [-0.39, 0.29) is 59.8 Å². The molecule has 2 aliphatic heterocycles. The molecule has 0 spiro atoms. The van der Waals surface area contributed by atoms with E-state index in [9.17, 15) is 41.6 Å². The van der Waals surface area contributed by atoms with Crippen LogP contribution in [0.15, 0.2) is 59.5 Å². The predicted octanol–water partition coefficient (Wildman–Crippen LogP) is 4.20. The number of unbranched alkanes of at least 4 members (excludes halogenated alkanes) is 3. The number of alkyl carbamates (subject to hydrolysis) is 1. The fourth-order valence-electron chi connectivity index (χ4n) is 6.22. The largest absolute Gasteiger partial charge is 0.482 e. The van der Waals surface area contributed by atoms with Crippen LogP contribution < -0.4 is 25.8 Å².